The summed E-state index contributed by atoms with van der Waals surface area (Å²) >= 11 is 0. The minimum Gasteiger partial charge on any atom is -0.328 e. The first-order valence-corrected chi connectivity index (χ1v) is 6.12. The van der Waals surface area contributed by atoms with Gasteiger partial charge in [0.25, 0.3) is 0 Å². The van der Waals surface area contributed by atoms with Crippen molar-refractivity contribution < 1.29 is 0 Å². The lowest BCUT2D eigenvalue weighted by Crippen LogP contribution is -2.18. The van der Waals surface area contributed by atoms with Crippen molar-refractivity contribution in [1.29, 1.82) is 0 Å². The number of nitrogens with two attached hydrogens (primary N) is 1. The zero-order valence-electron chi connectivity index (χ0n) is 8.67. The molecule has 0 aromatic heterocycles. The highest BCUT2D eigenvalue weighted by atomic mass is 14.6. The Bertz CT molecular complexity index is 139. The first kappa shape index (κ1) is 9.51. The zero-order valence-corrected chi connectivity index (χ0v) is 8.67. The van der Waals surface area contributed by atoms with E-state index in [0.717, 1.165) is 11.8 Å². The van der Waals surface area contributed by atoms with Crippen molar-refractivity contribution in [2.45, 2.75) is 63.8 Å². The summed E-state index contributed by atoms with van der Waals surface area (Å²) in [7, 11) is 0. The van der Waals surface area contributed by atoms with Gasteiger partial charge in [-0.2, -0.15) is 0 Å². The van der Waals surface area contributed by atoms with E-state index >= 15 is 0 Å². The molecule has 0 bridgehead atoms. The van der Waals surface area contributed by atoms with Crippen LogP contribution in [0.5, 0.6) is 0 Å². The van der Waals surface area contributed by atoms with Crippen molar-refractivity contribution in [3.63, 3.8) is 0 Å². The van der Waals surface area contributed by atoms with E-state index in [1.807, 2.05) is 0 Å². The highest BCUT2D eigenvalue weighted by Crippen LogP contribution is 2.37. The van der Waals surface area contributed by atoms with E-state index in [4.69, 9.17) is 5.73 Å². The van der Waals surface area contributed by atoms with Gasteiger partial charge in [-0.05, 0) is 37.5 Å². The highest BCUT2D eigenvalue weighted by Gasteiger charge is 2.26. The third kappa shape index (κ3) is 2.46. The molecule has 2 saturated carbocycles. The molecule has 0 amide bonds. The molecule has 0 spiro atoms. The Hall–Kier alpha value is -0.0400. The number of fused-ring (bicyclic) bond motifs is 1. The Morgan fingerprint density at radius 2 is 1.15 bits per heavy atom. The summed E-state index contributed by atoms with van der Waals surface area (Å²) in [5, 5.41) is 0. The average molecular weight is 181 g/mol. The highest BCUT2D eigenvalue weighted by molar-refractivity contribution is 4.80. The van der Waals surface area contributed by atoms with Crippen LogP contribution in [0.3, 0.4) is 0 Å². The Morgan fingerprint density at radius 1 is 0.615 bits per heavy atom. The Balaban J connectivity index is 1.95. The van der Waals surface area contributed by atoms with Crippen molar-refractivity contribution in [3.05, 3.63) is 0 Å². The van der Waals surface area contributed by atoms with Crippen LogP contribution in [0.2, 0.25) is 0 Å². The molecule has 0 aromatic carbocycles. The molecule has 1 nitrogen and oxygen atoms in total. The van der Waals surface area contributed by atoms with Gasteiger partial charge in [-0.3, -0.25) is 0 Å². The first-order valence-electron chi connectivity index (χ1n) is 6.12. The molecule has 2 atom stereocenters. The minimum absolute atomic E-state index is 0.520. The van der Waals surface area contributed by atoms with E-state index in [1.54, 1.807) is 0 Å². The van der Waals surface area contributed by atoms with Crippen LogP contribution in [0.25, 0.3) is 0 Å². The Kier molecular flexibility index (Phi) is 3.26. The van der Waals surface area contributed by atoms with Gasteiger partial charge < -0.3 is 5.73 Å². The summed E-state index contributed by atoms with van der Waals surface area (Å²) in [4.78, 5) is 0. The number of hydrogen-bond donors (Lipinski definition) is 1. The van der Waals surface area contributed by atoms with Gasteiger partial charge in [-0.25, -0.2) is 0 Å². The van der Waals surface area contributed by atoms with Crippen LogP contribution in [-0.2, 0) is 0 Å². The third-order valence-corrected chi connectivity index (χ3v) is 4.13. The summed E-state index contributed by atoms with van der Waals surface area (Å²) in [6, 6.07) is 0.520. The quantitative estimate of drug-likeness (QED) is 0.610. The van der Waals surface area contributed by atoms with E-state index in [-0.39, 0.29) is 0 Å². The molecule has 1 heteroatoms. The molecule has 2 rings (SSSR count). The van der Waals surface area contributed by atoms with E-state index in [9.17, 15) is 0 Å². The van der Waals surface area contributed by atoms with Gasteiger partial charge in [0.15, 0.2) is 0 Å². The van der Waals surface area contributed by atoms with E-state index in [0.29, 0.717) is 6.04 Å². The molecule has 2 unspecified atom stereocenters. The largest absolute Gasteiger partial charge is 0.328 e. The molecule has 0 heterocycles. The average Bonchev–Trinajstić information content (AvgIpc) is 2.43. The van der Waals surface area contributed by atoms with E-state index < -0.39 is 0 Å². The molecule has 2 N–H and O–H groups in total. The predicted molar refractivity (Wildman–Crippen MR) is 56.5 cm³/mol. The van der Waals surface area contributed by atoms with Crippen LogP contribution in [0.15, 0.2) is 0 Å². The maximum Gasteiger partial charge on any atom is 0.00390 e. The van der Waals surface area contributed by atoms with Gasteiger partial charge >= 0.3 is 0 Å². The summed E-state index contributed by atoms with van der Waals surface area (Å²) in [5.74, 6) is 2.08. The second-order valence-electron chi connectivity index (χ2n) is 5.07. The number of rotatable bonds is 0. The molecule has 2 aliphatic rings. The lowest BCUT2D eigenvalue weighted by Gasteiger charge is -2.21. The van der Waals surface area contributed by atoms with Crippen LogP contribution in [-0.4, -0.2) is 6.04 Å². The topological polar surface area (TPSA) is 26.0 Å². The van der Waals surface area contributed by atoms with Crippen LogP contribution in [0, 0.1) is 11.8 Å². The van der Waals surface area contributed by atoms with Crippen molar-refractivity contribution >= 4 is 0 Å². The molecule has 0 radical (unpaired) electrons. The maximum absolute atomic E-state index is 6.03. The molecular formula is C12H23N. The summed E-state index contributed by atoms with van der Waals surface area (Å²) in [6.07, 6.45) is 12.9. The Labute approximate surface area is 82.1 Å². The molecule has 0 saturated heterocycles. The maximum atomic E-state index is 6.03. The van der Waals surface area contributed by atoms with Gasteiger partial charge in [0.05, 0.1) is 0 Å². The second-order valence-corrected chi connectivity index (χ2v) is 5.07. The zero-order chi connectivity index (χ0) is 9.10. The molecule has 2 fully saturated rings. The fraction of sp³-hybridized carbons (Fsp3) is 1.00. The van der Waals surface area contributed by atoms with Crippen LogP contribution >= 0.6 is 0 Å². The van der Waals surface area contributed by atoms with Crippen molar-refractivity contribution in [1.82, 2.24) is 0 Å². The summed E-state index contributed by atoms with van der Waals surface area (Å²) < 4.78 is 0. The molecule has 0 aromatic rings. The van der Waals surface area contributed by atoms with E-state index in [2.05, 4.69) is 0 Å². The fourth-order valence-corrected chi connectivity index (χ4v) is 3.22. The third-order valence-electron chi connectivity index (χ3n) is 4.13. The van der Waals surface area contributed by atoms with E-state index in [1.165, 1.54) is 57.8 Å². The van der Waals surface area contributed by atoms with Gasteiger partial charge in [-0.15, -0.1) is 0 Å². The monoisotopic (exact) mass is 181 g/mol. The number of hydrogen-bond acceptors (Lipinski definition) is 1. The second kappa shape index (κ2) is 4.45. The van der Waals surface area contributed by atoms with Gasteiger partial charge in [-0.1, -0.05) is 32.1 Å². The van der Waals surface area contributed by atoms with Crippen LogP contribution in [0.1, 0.15) is 57.8 Å². The predicted octanol–water partition coefficient (Wildman–Crippen LogP) is 3.08. The van der Waals surface area contributed by atoms with Gasteiger partial charge in [0, 0.05) is 6.04 Å². The lowest BCUT2D eigenvalue weighted by atomic mass is 9.84. The molecule has 2 aliphatic carbocycles. The molecule has 13 heavy (non-hydrogen) atoms. The standard InChI is InChI=1S/C12H23N/c13-12-8-6-10-4-2-1-3-5-11(10)7-9-12/h10-12H,1-9,13H2. The van der Waals surface area contributed by atoms with Crippen molar-refractivity contribution in [3.8, 4) is 0 Å². The van der Waals surface area contributed by atoms with Crippen molar-refractivity contribution in [2.24, 2.45) is 17.6 Å². The molecule has 0 aliphatic heterocycles. The van der Waals surface area contributed by atoms with Crippen molar-refractivity contribution in [2.75, 3.05) is 0 Å². The normalized spacial score (nSPS) is 41.8. The SMILES string of the molecule is NC1CCC2CCCCCC2CC1. The minimum atomic E-state index is 0.520. The summed E-state index contributed by atoms with van der Waals surface area (Å²) in [6.45, 7) is 0. The lowest BCUT2D eigenvalue weighted by molar-refractivity contribution is 0.295. The van der Waals surface area contributed by atoms with Crippen LogP contribution in [0.4, 0.5) is 0 Å². The van der Waals surface area contributed by atoms with Gasteiger partial charge in [0.1, 0.15) is 0 Å². The fourth-order valence-electron chi connectivity index (χ4n) is 3.22. The first-order chi connectivity index (χ1) is 6.36. The summed E-state index contributed by atoms with van der Waals surface area (Å²) in [5.41, 5.74) is 6.03. The molecule has 76 valence electrons. The molecular weight excluding hydrogens is 158 g/mol. The smallest absolute Gasteiger partial charge is 0.00390 e. The Morgan fingerprint density at radius 3 is 1.69 bits per heavy atom. The van der Waals surface area contributed by atoms with Gasteiger partial charge in [0.2, 0.25) is 0 Å². The van der Waals surface area contributed by atoms with Crippen LogP contribution < -0.4 is 5.73 Å².